The Hall–Kier alpha value is -1.81. The molecule has 0 radical (unpaired) electrons. The number of benzene rings is 1. The van der Waals surface area contributed by atoms with Gasteiger partial charge in [-0.15, -0.1) is 6.58 Å². The molecule has 0 spiro atoms. The topological polar surface area (TPSA) is 49.5 Å². The van der Waals surface area contributed by atoms with Crippen molar-refractivity contribution in [2.75, 3.05) is 24.6 Å². The van der Waals surface area contributed by atoms with Crippen molar-refractivity contribution in [1.29, 1.82) is 0 Å². The van der Waals surface area contributed by atoms with Gasteiger partial charge in [-0.3, -0.25) is 0 Å². The van der Waals surface area contributed by atoms with E-state index in [1.807, 2.05) is 29.2 Å². The van der Waals surface area contributed by atoms with Crippen molar-refractivity contribution >= 4 is 17.1 Å². The summed E-state index contributed by atoms with van der Waals surface area (Å²) in [5, 5.41) is 8.95. The standard InChI is InChI=1S/C12H14N2O2/c1-2-7-14(8-9-15)12-13-10-5-3-4-6-11(10)16-12/h2-6,15H,1,7-9H2. The highest BCUT2D eigenvalue weighted by atomic mass is 16.4. The molecule has 1 heterocycles. The molecule has 0 saturated heterocycles. The van der Waals surface area contributed by atoms with Gasteiger partial charge in [-0.1, -0.05) is 18.2 Å². The quantitative estimate of drug-likeness (QED) is 0.778. The molecule has 16 heavy (non-hydrogen) atoms. The van der Waals surface area contributed by atoms with E-state index in [2.05, 4.69) is 11.6 Å². The lowest BCUT2D eigenvalue weighted by molar-refractivity contribution is 0.300. The van der Waals surface area contributed by atoms with Gasteiger partial charge < -0.3 is 14.4 Å². The van der Waals surface area contributed by atoms with Crippen LogP contribution in [0.5, 0.6) is 0 Å². The molecule has 4 nitrogen and oxygen atoms in total. The first-order chi connectivity index (χ1) is 7.85. The second-order valence-electron chi connectivity index (χ2n) is 3.42. The first-order valence-electron chi connectivity index (χ1n) is 5.17. The summed E-state index contributed by atoms with van der Waals surface area (Å²) in [6, 6.07) is 8.11. The van der Waals surface area contributed by atoms with Gasteiger partial charge in [0.05, 0.1) is 6.61 Å². The van der Waals surface area contributed by atoms with Crippen molar-refractivity contribution in [3.63, 3.8) is 0 Å². The van der Waals surface area contributed by atoms with Gasteiger partial charge in [0, 0.05) is 13.1 Å². The maximum atomic E-state index is 8.95. The number of hydrogen-bond acceptors (Lipinski definition) is 4. The maximum absolute atomic E-state index is 8.95. The fourth-order valence-corrected chi connectivity index (χ4v) is 1.54. The Morgan fingerprint density at radius 2 is 2.25 bits per heavy atom. The molecule has 2 aromatic rings. The fraction of sp³-hybridized carbons (Fsp3) is 0.250. The number of nitrogens with zero attached hydrogens (tertiary/aromatic N) is 2. The molecular formula is C12H14N2O2. The second-order valence-corrected chi connectivity index (χ2v) is 3.42. The van der Waals surface area contributed by atoms with Gasteiger partial charge in [0.2, 0.25) is 0 Å². The summed E-state index contributed by atoms with van der Waals surface area (Å²) in [7, 11) is 0. The predicted octanol–water partition coefficient (Wildman–Crippen LogP) is 1.81. The Balaban J connectivity index is 2.32. The lowest BCUT2D eigenvalue weighted by Gasteiger charge is -2.16. The van der Waals surface area contributed by atoms with Crippen LogP contribution in [-0.2, 0) is 0 Å². The second kappa shape index (κ2) is 4.81. The summed E-state index contributed by atoms with van der Waals surface area (Å²) >= 11 is 0. The molecule has 0 amide bonds. The van der Waals surface area contributed by atoms with Crippen molar-refractivity contribution in [1.82, 2.24) is 4.98 Å². The van der Waals surface area contributed by atoms with Crippen LogP contribution in [0.2, 0.25) is 0 Å². The van der Waals surface area contributed by atoms with E-state index in [1.54, 1.807) is 6.08 Å². The highest BCUT2D eigenvalue weighted by Gasteiger charge is 2.11. The van der Waals surface area contributed by atoms with Crippen molar-refractivity contribution in [2.45, 2.75) is 0 Å². The number of oxazole rings is 1. The Kier molecular flexibility index (Phi) is 3.22. The first kappa shape index (κ1) is 10.7. The van der Waals surface area contributed by atoms with E-state index < -0.39 is 0 Å². The molecule has 0 bridgehead atoms. The number of anilines is 1. The Morgan fingerprint density at radius 1 is 1.44 bits per heavy atom. The SMILES string of the molecule is C=CCN(CCO)c1nc2ccccc2o1. The monoisotopic (exact) mass is 218 g/mol. The molecule has 0 aliphatic carbocycles. The van der Waals surface area contributed by atoms with E-state index in [0.29, 0.717) is 19.1 Å². The Bertz CT molecular complexity index is 446. The van der Waals surface area contributed by atoms with Gasteiger partial charge >= 0.3 is 0 Å². The molecule has 0 atom stereocenters. The summed E-state index contributed by atoms with van der Waals surface area (Å²) in [4.78, 5) is 6.19. The minimum Gasteiger partial charge on any atom is -0.423 e. The Labute approximate surface area is 93.8 Å². The van der Waals surface area contributed by atoms with E-state index in [0.717, 1.165) is 11.1 Å². The van der Waals surface area contributed by atoms with Gasteiger partial charge in [0.1, 0.15) is 5.52 Å². The number of rotatable bonds is 5. The largest absolute Gasteiger partial charge is 0.423 e. The third-order valence-electron chi connectivity index (χ3n) is 2.27. The van der Waals surface area contributed by atoms with Crippen LogP contribution in [0.3, 0.4) is 0 Å². The number of aliphatic hydroxyl groups excluding tert-OH is 1. The summed E-state index contributed by atoms with van der Waals surface area (Å²) in [5.74, 6) is 0. The van der Waals surface area contributed by atoms with Crippen molar-refractivity contribution in [2.24, 2.45) is 0 Å². The van der Waals surface area contributed by atoms with Crippen LogP contribution >= 0.6 is 0 Å². The molecule has 2 rings (SSSR count). The van der Waals surface area contributed by atoms with Crippen LogP contribution in [0.4, 0.5) is 6.01 Å². The third kappa shape index (κ3) is 2.06. The Morgan fingerprint density at radius 3 is 2.94 bits per heavy atom. The lowest BCUT2D eigenvalue weighted by Crippen LogP contribution is -2.26. The zero-order chi connectivity index (χ0) is 11.4. The van der Waals surface area contributed by atoms with Crippen LogP contribution in [-0.4, -0.2) is 29.8 Å². The van der Waals surface area contributed by atoms with E-state index in [-0.39, 0.29) is 6.61 Å². The maximum Gasteiger partial charge on any atom is 0.298 e. The minimum absolute atomic E-state index is 0.0621. The number of hydrogen-bond donors (Lipinski definition) is 1. The highest BCUT2D eigenvalue weighted by Crippen LogP contribution is 2.21. The highest BCUT2D eigenvalue weighted by molar-refractivity contribution is 5.74. The molecule has 1 aromatic carbocycles. The van der Waals surface area contributed by atoms with Gasteiger partial charge in [-0.05, 0) is 12.1 Å². The predicted molar refractivity (Wildman–Crippen MR) is 63.5 cm³/mol. The zero-order valence-electron chi connectivity index (χ0n) is 8.97. The van der Waals surface area contributed by atoms with E-state index >= 15 is 0 Å². The van der Waals surface area contributed by atoms with Crippen molar-refractivity contribution in [3.8, 4) is 0 Å². The van der Waals surface area contributed by atoms with Crippen molar-refractivity contribution in [3.05, 3.63) is 36.9 Å². The molecular weight excluding hydrogens is 204 g/mol. The van der Waals surface area contributed by atoms with Gasteiger partial charge in [-0.2, -0.15) is 4.98 Å². The number of aromatic nitrogens is 1. The molecule has 0 unspecified atom stereocenters. The van der Waals surface area contributed by atoms with Crippen LogP contribution in [0.25, 0.3) is 11.1 Å². The summed E-state index contributed by atoms with van der Waals surface area (Å²) < 4.78 is 5.59. The van der Waals surface area contributed by atoms with Crippen LogP contribution in [0.15, 0.2) is 41.3 Å². The fourth-order valence-electron chi connectivity index (χ4n) is 1.54. The number of aliphatic hydroxyl groups is 1. The normalized spacial score (nSPS) is 10.6. The van der Waals surface area contributed by atoms with E-state index in [4.69, 9.17) is 9.52 Å². The van der Waals surface area contributed by atoms with Crippen LogP contribution < -0.4 is 4.90 Å². The molecule has 0 fully saturated rings. The molecule has 0 aliphatic rings. The van der Waals surface area contributed by atoms with Crippen molar-refractivity contribution < 1.29 is 9.52 Å². The smallest absolute Gasteiger partial charge is 0.298 e. The van der Waals surface area contributed by atoms with Gasteiger partial charge in [-0.25, -0.2) is 0 Å². The zero-order valence-corrected chi connectivity index (χ0v) is 8.97. The molecule has 0 saturated carbocycles. The van der Waals surface area contributed by atoms with Crippen LogP contribution in [0.1, 0.15) is 0 Å². The average Bonchev–Trinajstić information content (AvgIpc) is 2.72. The summed E-state index contributed by atoms with van der Waals surface area (Å²) in [6.07, 6.45) is 1.75. The van der Waals surface area contributed by atoms with E-state index in [1.165, 1.54) is 0 Å². The van der Waals surface area contributed by atoms with Gasteiger partial charge in [0.25, 0.3) is 6.01 Å². The first-order valence-corrected chi connectivity index (χ1v) is 5.17. The molecule has 4 heteroatoms. The van der Waals surface area contributed by atoms with Crippen LogP contribution in [0, 0.1) is 0 Å². The molecule has 1 aromatic heterocycles. The molecule has 1 N–H and O–H groups in total. The third-order valence-corrected chi connectivity index (χ3v) is 2.27. The number of para-hydroxylation sites is 2. The lowest BCUT2D eigenvalue weighted by atomic mass is 10.3. The average molecular weight is 218 g/mol. The molecule has 0 aliphatic heterocycles. The summed E-state index contributed by atoms with van der Waals surface area (Å²) in [5.41, 5.74) is 1.58. The summed E-state index contributed by atoms with van der Waals surface area (Å²) in [6.45, 7) is 4.82. The van der Waals surface area contributed by atoms with Gasteiger partial charge in [0.15, 0.2) is 5.58 Å². The van der Waals surface area contributed by atoms with E-state index in [9.17, 15) is 0 Å². The molecule has 84 valence electrons. The number of fused-ring (bicyclic) bond motifs is 1. The minimum atomic E-state index is 0.0621.